The average molecular weight is 1630 g/mol. The minimum atomic E-state index is -2.23. The molecule has 0 aliphatic carbocycles. The number of phenols is 1. The minimum absolute atomic E-state index is 0.000839. The first kappa shape index (κ1) is 96.8. The molecular formula is C80H129N13O20S. The van der Waals surface area contributed by atoms with E-state index < -0.39 is 206 Å². The van der Waals surface area contributed by atoms with Crippen LogP contribution in [0, 0.1) is 29.6 Å². The molecule has 3 fully saturated rings. The zero-order chi connectivity index (χ0) is 84.3. The molecule has 0 saturated carbocycles. The van der Waals surface area contributed by atoms with E-state index in [4.69, 9.17) is 11.5 Å². The third kappa shape index (κ3) is 31.3. The van der Waals surface area contributed by atoms with E-state index in [0.29, 0.717) is 48.8 Å². The van der Waals surface area contributed by atoms with Crippen molar-refractivity contribution in [1.29, 1.82) is 0 Å². The highest BCUT2D eigenvalue weighted by atomic mass is 32.2. The molecule has 0 radical (unpaired) electrons. The van der Waals surface area contributed by atoms with Crippen molar-refractivity contribution >= 4 is 82.9 Å². The minimum Gasteiger partial charge on any atom is -0.508 e. The second kappa shape index (κ2) is 50.0. The fourth-order valence-electron chi connectivity index (χ4n) is 14.8. The fourth-order valence-corrected chi connectivity index (χ4v) is 15.3. The molecule has 0 aromatic heterocycles. The van der Waals surface area contributed by atoms with Crippen LogP contribution in [0.3, 0.4) is 0 Å². The van der Waals surface area contributed by atoms with Gasteiger partial charge in [0, 0.05) is 70.7 Å². The predicted octanol–water partition coefficient (Wildman–Crippen LogP) is -0.623. The van der Waals surface area contributed by atoms with Crippen molar-refractivity contribution in [3.63, 3.8) is 0 Å². The van der Waals surface area contributed by atoms with Crippen molar-refractivity contribution in [2.24, 2.45) is 41.1 Å². The number of aliphatic hydroxyl groups is 7. The van der Waals surface area contributed by atoms with Crippen LogP contribution in [-0.4, -0.2) is 264 Å². The number of carbonyl (C=O) groups is 12. The molecule has 34 heteroatoms. The summed E-state index contributed by atoms with van der Waals surface area (Å²) in [5.41, 5.74) is 12.9. The Morgan fingerprint density at radius 1 is 0.667 bits per heavy atom. The number of nitrogens with one attached hydrogen (secondary N) is 9. The summed E-state index contributed by atoms with van der Waals surface area (Å²) in [6, 6.07) is 1.95. The number of phenolic OH excluding ortho intramolecular Hbond substituents is 1. The third-order valence-corrected chi connectivity index (χ3v) is 22.2. The highest BCUT2D eigenvalue weighted by Crippen LogP contribution is 2.32. The molecule has 10 amide bonds. The standard InChI is InChI=1S/C80H129N13O20S/c1-8-47(4)38-48(5)19-14-11-9-10-12-17-22-54(97)40-52-41-65(102)71(83-33-34-85-74(107)57(82)23-18-32-84-75(108)60(39-50-20-15-13-16-21-50)88-77(110)59(37-46(2)3)87-76(109)58(86-45-94)30-36-114-7)91-78(111)68-63(100)29-35-92(68)80(113)67(62(99)28-31-81)90-73(106)56(70(104)69(103)51-24-26-53(96)27-25-51)43-64(101)61-42-55(98)44-93(61)79(112)66(49(6)95)89-72(52)105/h13,15-16,20-21,24-27,45-49,52,55-63,65-71,83,95-96,98-100,102-104H,8-12,14,17-19,22-23,28-44,81-82H2,1-7H3,(H,84,108)(H,85,107)(H,86,94)(H,87,109)(H,88,110)(H,89,105)(H,90,106)(H,91,111)/t47-,48+,49+,52-,55+,56-,57-,58-,59-,60-,61-,62+,63-,65+,66-,67-,68-,69-,70-,71-/m0/s1. The SMILES string of the molecule is CC[C@H](C)C[C@H](C)CCCCCCCCC(=O)C[C@H]1C[C@@H](O)[C@@H](NCCNC(=O)[C@@H](N)CCCNC(=O)[C@H](Cc2ccccc2)NC(=O)[C@H](CC(C)C)NC(=O)[C@H](CCSC)NC=O)NC(=O)[C@@H]2[C@@H](O)CCN2C(=O)[C@H]([C@H](O)CCN)NC(=O)[C@H]([C@H](O)[C@@H](O)c2ccc(O)cc2)CC(=O)[C@@H]2C[C@@H](O)CN2C(=O)[C@H]([C@@H](C)O)NC1=O. The van der Waals surface area contributed by atoms with Gasteiger partial charge in [-0.2, -0.15) is 11.8 Å². The Morgan fingerprint density at radius 2 is 1.31 bits per heavy atom. The molecule has 33 nitrogen and oxygen atoms in total. The van der Waals surface area contributed by atoms with Crippen molar-refractivity contribution in [1.82, 2.24) is 57.7 Å². The molecule has 20 atom stereocenters. The van der Waals surface area contributed by atoms with Crippen LogP contribution in [0.2, 0.25) is 0 Å². The van der Waals surface area contributed by atoms with Crippen LogP contribution in [0.1, 0.15) is 187 Å². The van der Waals surface area contributed by atoms with E-state index >= 15 is 4.79 Å². The lowest BCUT2D eigenvalue weighted by Crippen LogP contribution is -2.63. The molecule has 3 aliphatic rings. The molecular weight excluding hydrogens is 1500 g/mol. The predicted molar refractivity (Wildman–Crippen MR) is 426 cm³/mol. The molecule has 3 aliphatic heterocycles. The normalized spacial score (nSPS) is 24.1. The molecule has 0 unspecified atom stereocenters. The number of amides is 10. The van der Waals surface area contributed by atoms with Gasteiger partial charge in [0.15, 0.2) is 5.78 Å². The number of aromatic hydroxyl groups is 1. The van der Waals surface area contributed by atoms with Gasteiger partial charge in [-0.3, -0.25) is 62.9 Å². The van der Waals surface area contributed by atoms with Crippen LogP contribution in [0.25, 0.3) is 0 Å². The summed E-state index contributed by atoms with van der Waals surface area (Å²) in [5.74, 6) is -11.8. The lowest BCUT2D eigenvalue weighted by atomic mass is 9.86. The molecule has 2 aromatic carbocycles. The van der Waals surface area contributed by atoms with Crippen molar-refractivity contribution < 1.29 is 98.4 Å². The summed E-state index contributed by atoms with van der Waals surface area (Å²) in [7, 11) is 0. The first-order valence-corrected chi connectivity index (χ1v) is 41.8. The third-order valence-electron chi connectivity index (χ3n) is 21.6. The fraction of sp³-hybridized carbons (Fsp3) is 0.700. The zero-order valence-corrected chi connectivity index (χ0v) is 67.9. The quantitative estimate of drug-likeness (QED) is 0.0290. The number of hydrogen-bond acceptors (Lipinski definition) is 24. The van der Waals surface area contributed by atoms with Crippen LogP contribution in [0.4, 0.5) is 0 Å². The number of thioether (sulfide) groups is 1. The highest BCUT2D eigenvalue weighted by Gasteiger charge is 2.49. The number of ketones is 2. The first-order chi connectivity index (χ1) is 54.2. The zero-order valence-electron chi connectivity index (χ0n) is 67.1. The van der Waals surface area contributed by atoms with E-state index in [1.807, 2.05) is 20.1 Å². The Bertz CT molecular complexity index is 3390. The summed E-state index contributed by atoms with van der Waals surface area (Å²) < 4.78 is 0. The van der Waals surface area contributed by atoms with Crippen LogP contribution in [0.5, 0.6) is 5.75 Å². The van der Waals surface area contributed by atoms with Gasteiger partial charge in [-0.05, 0) is 124 Å². The number of benzene rings is 2. The molecule has 5 rings (SSSR count). The number of fused-ring (bicyclic) bond motifs is 2. The smallest absolute Gasteiger partial charge is 0.248 e. The van der Waals surface area contributed by atoms with E-state index in [0.717, 1.165) is 61.7 Å². The van der Waals surface area contributed by atoms with E-state index in [-0.39, 0.29) is 94.9 Å². The van der Waals surface area contributed by atoms with Gasteiger partial charge in [-0.15, -0.1) is 0 Å². The van der Waals surface area contributed by atoms with E-state index in [1.54, 1.807) is 30.3 Å². The number of nitrogens with zero attached hydrogens (tertiary/aromatic N) is 2. The average Bonchev–Trinajstić information content (AvgIpc) is 1.61. The van der Waals surface area contributed by atoms with Crippen LogP contribution in [0.15, 0.2) is 54.6 Å². The first-order valence-electron chi connectivity index (χ1n) is 40.4. The second-order valence-corrected chi connectivity index (χ2v) is 32.5. The second-order valence-electron chi connectivity index (χ2n) is 31.5. The van der Waals surface area contributed by atoms with Gasteiger partial charge < -0.3 is 105 Å². The molecule has 0 bridgehead atoms. The Hall–Kier alpha value is -7.77. The number of Topliss-reactive ketones (excluding diaryl/α,β-unsaturated/α-hetero) is 2. The maximum atomic E-state index is 15.0. The highest BCUT2D eigenvalue weighted by molar-refractivity contribution is 7.98. The summed E-state index contributed by atoms with van der Waals surface area (Å²) in [5, 5.41) is 116. The largest absolute Gasteiger partial charge is 0.508 e. The molecule has 0 spiro atoms. The molecule has 3 saturated heterocycles. The number of rotatable bonds is 44. The number of aliphatic hydroxyl groups excluding tert-OH is 7. The van der Waals surface area contributed by atoms with Gasteiger partial charge >= 0.3 is 0 Å². The number of hydrogen-bond donors (Lipinski definition) is 19. The summed E-state index contributed by atoms with van der Waals surface area (Å²) in [6.07, 6.45) is -6.47. The molecule has 21 N–H and O–H groups in total. The van der Waals surface area contributed by atoms with Gasteiger partial charge in [0.2, 0.25) is 59.6 Å². The van der Waals surface area contributed by atoms with Gasteiger partial charge in [0.05, 0.1) is 54.6 Å². The molecule has 640 valence electrons. The van der Waals surface area contributed by atoms with Crippen molar-refractivity contribution in [3.8, 4) is 5.75 Å². The van der Waals surface area contributed by atoms with Gasteiger partial charge in [-0.1, -0.05) is 122 Å². The van der Waals surface area contributed by atoms with E-state index in [2.05, 4.69) is 68.6 Å². The van der Waals surface area contributed by atoms with Crippen LogP contribution in [-0.2, 0) is 64.0 Å². The maximum Gasteiger partial charge on any atom is 0.248 e. The Labute approximate surface area is 673 Å². The van der Waals surface area contributed by atoms with Gasteiger partial charge in [-0.25, -0.2) is 0 Å². The van der Waals surface area contributed by atoms with Gasteiger partial charge in [0.1, 0.15) is 60.1 Å². The summed E-state index contributed by atoms with van der Waals surface area (Å²) >= 11 is 1.48. The Balaban J connectivity index is 1.43. The van der Waals surface area contributed by atoms with Crippen LogP contribution < -0.4 is 59.3 Å². The number of unbranched alkanes of at least 4 members (excludes halogenated alkanes) is 5. The molecule has 2 aromatic rings. The molecule has 3 heterocycles. The van der Waals surface area contributed by atoms with Crippen molar-refractivity contribution in [3.05, 3.63) is 65.7 Å². The lowest BCUT2D eigenvalue weighted by Gasteiger charge is -2.34. The number of carbonyl (C=O) groups excluding carboxylic acids is 12. The van der Waals surface area contributed by atoms with Crippen molar-refractivity contribution in [2.75, 3.05) is 51.3 Å². The van der Waals surface area contributed by atoms with Crippen molar-refractivity contribution in [2.45, 2.75) is 274 Å². The molecule has 114 heavy (non-hydrogen) atoms. The van der Waals surface area contributed by atoms with Crippen LogP contribution >= 0.6 is 11.8 Å². The lowest BCUT2D eigenvalue weighted by molar-refractivity contribution is -0.149. The summed E-state index contributed by atoms with van der Waals surface area (Å²) in [6.45, 7) is 9.79. The maximum absolute atomic E-state index is 15.0. The monoisotopic (exact) mass is 1620 g/mol. The Morgan fingerprint density at radius 3 is 1.96 bits per heavy atom. The van der Waals surface area contributed by atoms with E-state index in [9.17, 15) is 93.6 Å². The Kier molecular flexibility index (Phi) is 42.4. The number of nitrogens with two attached hydrogens (primary N) is 2. The van der Waals surface area contributed by atoms with E-state index in [1.165, 1.54) is 36.0 Å². The topological polar surface area (TPSA) is 533 Å². The van der Waals surface area contributed by atoms with Gasteiger partial charge in [0.25, 0.3) is 0 Å². The summed E-state index contributed by atoms with van der Waals surface area (Å²) in [4.78, 5) is 172.